The lowest BCUT2D eigenvalue weighted by Crippen LogP contribution is -2.46. The van der Waals surface area contributed by atoms with E-state index in [1.54, 1.807) is 0 Å². The van der Waals surface area contributed by atoms with Crippen LogP contribution in [0.25, 0.3) is 0 Å². The highest BCUT2D eigenvalue weighted by Gasteiger charge is 2.52. The molecule has 4 heteroatoms. The number of aliphatic hydroxyl groups excluding tert-OH is 2. The SMILES string of the molecule is Cl.OC1C2=C(C=CCC2)C2(CCNCC2)C1O. The summed E-state index contributed by atoms with van der Waals surface area (Å²) in [6, 6.07) is 0. The van der Waals surface area contributed by atoms with Gasteiger partial charge >= 0.3 is 0 Å². The van der Waals surface area contributed by atoms with Gasteiger partial charge in [0.05, 0.1) is 6.10 Å². The second-order valence-corrected chi connectivity index (χ2v) is 5.18. The summed E-state index contributed by atoms with van der Waals surface area (Å²) in [5, 5.41) is 23.8. The molecule has 2 atom stereocenters. The van der Waals surface area contributed by atoms with Gasteiger partial charge in [-0.15, -0.1) is 12.4 Å². The maximum atomic E-state index is 10.4. The topological polar surface area (TPSA) is 52.5 Å². The van der Waals surface area contributed by atoms with Crippen LogP contribution in [-0.4, -0.2) is 35.5 Å². The van der Waals surface area contributed by atoms with E-state index in [0.717, 1.165) is 44.3 Å². The number of fused-ring (bicyclic) bond motifs is 1. The van der Waals surface area contributed by atoms with Crippen LogP contribution in [-0.2, 0) is 0 Å². The summed E-state index contributed by atoms with van der Waals surface area (Å²) in [5.41, 5.74) is 2.16. The van der Waals surface area contributed by atoms with E-state index in [1.165, 1.54) is 5.57 Å². The van der Waals surface area contributed by atoms with Crippen molar-refractivity contribution in [3.8, 4) is 0 Å². The first-order valence-corrected chi connectivity index (χ1v) is 6.23. The second kappa shape index (κ2) is 4.73. The molecule has 0 radical (unpaired) electrons. The molecule has 0 saturated carbocycles. The van der Waals surface area contributed by atoms with Crippen molar-refractivity contribution < 1.29 is 10.2 Å². The van der Waals surface area contributed by atoms with Gasteiger partial charge in [-0.2, -0.15) is 0 Å². The van der Waals surface area contributed by atoms with Crippen LogP contribution in [0, 0.1) is 5.41 Å². The van der Waals surface area contributed by atoms with Crippen LogP contribution in [0.2, 0.25) is 0 Å². The fourth-order valence-electron chi connectivity index (χ4n) is 3.56. The van der Waals surface area contributed by atoms with Gasteiger partial charge in [0, 0.05) is 5.41 Å². The Bertz CT molecular complexity index is 358. The zero-order valence-corrected chi connectivity index (χ0v) is 10.7. The lowest BCUT2D eigenvalue weighted by molar-refractivity contribution is -0.0273. The minimum Gasteiger partial charge on any atom is -0.389 e. The van der Waals surface area contributed by atoms with Gasteiger partial charge in [-0.25, -0.2) is 0 Å². The molecule has 3 N–H and O–H groups in total. The first-order valence-electron chi connectivity index (χ1n) is 6.23. The van der Waals surface area contributed by atoms with Crippen molar-refractivity contribution in [2.75, 3.05) is 13.1 Å². The molecule has 3 aliphatic rings. The van der Waals surface area contributed by atoms with Crippen LogP contribution in [0.1, 0.15) is 25.7 Å². The highest BCUT2D eigenvalue weighted by Crippen LogP contribution is 2.51. The van der Waals surface area contributed by atoms with Gasteiger partial charge in [-0.1, -0.05) is 12.2 Å². The van der Waals surface area contributed by atoms with Gasteiger partial charge in [0.25, 0.3) is 0 Å². The summed E-state index contributed by atoms with van der Waals surface area (Å²) in [4.78, 5) is 0. The van der Waals surface area contributed by atoms with Crippen molar-refractivity contribution >= 4 is 12.4 Å². The third kappa shape index (κ3) is 1.76. The minimum atomic E-state index is -0.627. The first-order chi connectivity index (χ1) is 7.76. The second-order valence-electron chi connectivity index (χ2n) is 5.18. The Labute approximate surface area is 108 Å². The van der Waals surface area contributed by atoms with E-state index in [0.29, 0.717) is 0 Å². The van der Waals surface area contributed by atoms with Crippen LogP contribution < -0.4 is 5.32 Å². The minimum absolute atomic E-state index is 0. The third-order valence-electron chi connectivity index (χ3n) is 4.47. The normalized spacial score (nSPS) is 34.7. The fraction of sp³-hybridized carbons (Fsp3) is 0.692. The number of piperidine rings is 1. The Morgan fingerprint density at radius 2 is 1.94 bits per heavy atom. The average molecular weight is 258 g/mol. The molecule has 96 valence electrons. The molecular formula is C13H20ClNO2. The molecule has 17 heavy (non-hydrogen) atoms. The van der Waals surface area contributed by atoms with E-state index < -0.39 is 12.2 Å². The maximum Gasteiger partial charge on any atom is 0.102 e. The molecular weight excluding hydrogens is 238 g/mol. The van der Waals surface area contributed by atoms with Crippen molar-refractivity contribution in [2.24, 2.45) is 5.41 Å². The van der Waals surface area contributed by atoms with E-state index >= 15 is 0 Å². The molecule has 0 aromatic rings. The van der Waals surface area contributed by atoms with Crippen LogP contribution in [0.4, 0.5) is 0 Å². The van der Waals surface area contributed by atoms with E-state index in [9.17, 15) is 10.2 Å². The molecule has 1 saturated heterocycles. The number of hydrogen-bond acceptors (Lipinski definition) is 3. The number of halogens is 1. The predicted molar refractivity (Wildman–Crippen MR) is 69.2 cm³/mol. The number of nitrogens with one attached hydrogen (secondary N) is 1. The molecule has 0 amide bonds. The zero-order valence-electron chi connectivity index (χ0n) is 9.85. The summed E-state index contributed by atoms with van der Waals surface area (Å²) in [7, 11) is 0. The van der Waals surface area contributed by atoms with E-state index in [4.69, 9.17) is 0 Å². The van der Waals surface area contributed by atoms with Crippen LogP contribution in [0.3, 0.4) is 0 Å². The Balaban J connectivity index is 0.00000108. The molecule has 0 aromatic carbocycles. The van der Waals surface area contributed by atoms with Gasteiger partial charge in [0.2, 0.25) is 0 Å². The van der Waals surface area contributed by atoms with Crippen molar-refractivity contribution in [1.82, 2.24) is 5.32 Å². The van der Waals surface area contributed by atoms with Gasteiger partial charge in [0.1, 0.15) is 6.10 Å². The summed E-state index contributed by atoms with van der Waals surface area (Å²) >= 11 is 0. The van der Waals surface area contributed by atoms with Crippen molar-refractivity contribution in [1.29, 1.82) is 0 Å². The fourth-order valence-corrected chi connectivity index (χ4v) is 3.56. The number of allylic oxidation sites excluding steroid dienone is 2. The Morgan fingerprint density at radius 1 is 1.24 bits per heavy atom. The van der Waals surface area contributed by atoms with Crippen LogP contribution in [0.15, 0.2) is 23.3 Å². The van der Waals surface area contributed by atoms with E-state index in [1.807, 2.05) is 0 Å². The van der Waals surface area contributed by atoms with E-state index in [2.05, 4.69) is 17.5 Å². The summed E-state index contributed by atoms with van der Waals surface area (Å²) < 4.78 is 0. The molecule has 1 heterocycles. The van der Waals surface area contributed by atoms with Crippen molar-refractivity contribution in [2.45, 2.75) is 37.9 Å². The Kier molecular flexibility index (Phi) is 3.64. The lowest BCUT2D eigenvalue weighted by Gasteiger charge is -2.39. The molecule has 1 fully saturated rings. The predicted octanol–water partition coefficient (Wildman–Crippen LogP) is 1.16. The van der Waals surface area contributed by atoms with Crippen molar-refractivity contribution in [3.05, 3.63) is 23.3 Å². The lowest BCUT2D eigenvalue weighted by atomic mass is 9.71. The van der Waals surface area contributed by atoms with E-state index in [-0.39, 0.29) is 17.8 Å². The number of hydrogen-bond donors (Lipinski definition) is 3. The van der Waals surface area contributed by atoms with Gasteiger partial charge in [-0.05, 0) is 49.9 Å². The van der Waals surface area contributed by atoms with Crippen LogP contribution in [0.5, 0.6) is 0 Å². The Morgan fingerprint density at radius 3 is 2.65 bits per heavy atom. The molecule has 1 spiro atoms. The first kappa shape index (κ1) is 13.1. The standard InChI is InChI=1S/C13H19NO2.ClH/c15-11-9-3-1-2-4-10(9)13(12(11)16)5-7-14-8-6-13;/h2,4,11-12,14-16H,1,3,5-8H2;1H. The van der Waals surface area contributed by atoms with Gasteiger partial charge < -0.3 is 15.5 Å². The highest BCUT2D eigenvalue weighted by molar-refractivity contribution is 5.85. The summed E-state index contributed by atoms with van der Waals surface area (Å²) in [6.45, 7) is 1.88. The highest BCUT2D eigenvalue weighted by atomic mass is 35.5. The molecule has 0 aromatic heterocycles. The zero-order chi connectivity index (χ0) is 11.2. The number of aliphatic hydroxyl groups is 2. The molecule has 1 aliphatic heterocycles. The van der Waals surface area contributed by atoms with Crippen molar-refractivity contribution in [3.63, 3.8) is 0 Å². The monoisotopic (exact) mass is 257 g/mol. The molecule has 0 bridgehead atoms. The average Bonchev–Trinajstić information content (AvgIpc) is 2.55. The summed E-state index contributed by atoms with van der Waals surface area (Å²) in [6.07, 6.45) is 6.89. The molecule has 3 nitrogen and oxygen atoms in total. The smallest absolute Gasteiger partial charge is 0.102 e. The largest absolute Gasteiger partial charge is 0.389 e. The Hall–Kier alpha value is -0.350. The third-order valence-corrected chi connectivity index (χ3v) is 4.47. The van der Waals surface area contributed by atoms with Gasteiger partial charge in [-0.3, -0.25) is 0 Å². The summed E-state index contributed by atoms with van der Waals surface area (Å²) in [5.74, 6) is 0. The molecule has 2 unspecified atom stereocenters. The molecule has 3 rings (SSSR count). The maximum absolute atomic E-state index is 10.4. The molecule has 2 aliphatic carbocycles. The number of rotatable bonds is 0. The quantitative estimate of drug-likeness (QED) is 0.611. The van der Waals surface area contributed by atoms with Gasteiger partial charge in [0.15, 0.2) is 0 Å². The van der Waals surface area contributed by atoms with Crippen LogP contribution >= 0.6 is 12.4 Å².